The van der Waals surface area contributed by atoms with Crippen LogP contribution in [-0.2, 0) is 4.79 Å². The fourth-order valence-electron chi connectivity index (χ4n) is 2.66. The van der Waals surface area contributed by atoms with Crippen LogP contribution in [0.25, 0.3) is 10.8 Å². The molecule has 0 aliphatic carbocycles. The lowest BCUT2D eigenvalue weighted by atomic mass is 10.00. The summed E-state index contributed by atoms with van der Waals surface area (Å²) in [5.41, 5.74) is 1.19. The van der Waals surface area contributed by atoms with E-state index in [9.17, 15) is 9.59 Å². The molecule has 128 valence electrons. The Bertz CT molecular complexity index is 695. The topological polar surface area (TPSA) is 74.8 Å². The molecule has 5 heteroatoms. The second kappa shape index (κ2) is 9.03. The summed E-state index contributed by atoms with van der Waals surface area (Å²) in [6, 6.07) is 14.1. The molecule has 4 N–H and O–H groups in total. The summed E-state index contributed by atoms with van der Waals surface area (Å²) >= 11 is 0. The van der Waals surface area contributed by atoms with Crippen molar-refractivity contribution in [2.24, 2.45) is 0 Å². The molecule has 0 aromatic heterocycles. The number of fused-ring (bicyclic) bond motifs is 1. The Balaban J connectivity index is 1.87. The zero-order valence-electron chi connectivity index (χ0n) is 14.3. The van der Waals surface area contributed by atoms with E-state index in [-0.39, 0.29) is 18.5 Å². The monoisotopic (exact) mass is 328 g/mol. The van der Waals surface area contributed by atoms with Crippen LogP contribution in [-0.4, -0.2) is 25.0 Å². The standard InChI is InChI=1S/C19H25N3O2/c1-3-4-12-20-19(24)22-18(23)13-21-14(2)16-11-7-9-15-8-5-6-10-17(15)16/h5-11,14,21H,3-4,12-13H2,1-2H3,(H2,20,22,23,24)/p+1/t14-/m1/s1. The number of quaternary nitrogens is 1. The van der Waals surface area contributed by atoms with Crippen LogP contribution in [0.1, 0.15) is 38.3 Å². The number of nitrogens with two attached hydrogens (primary N) is 1. The predicted molar refractivity (Wildman–Crippen MR) is 95.6 cm³/mol. The molecule has 0 aliphatic heterocycles. The van der Waals surface area contributed by atoms with E-state index in [1.165, 1.54) is 16.3 Å². The number of benzene rings is 2. The number of hydrogen-bond acceptors (Lipinski definition) is 2. The number of carbonyl (C=O) groups is 2. The van der Waals surface area contributed by atoms with Crippen molar-refractivity contribution in [3.8, 4) is 0 Å². The van der Waals surface area contributed by atoms with Crippen LogP contribution >= 0.6 is 0 Å². The van der Waals surface area contributed by atoms with Crippen LogP contribution < -0.4 is 16.0 Å². The molecule has 5 nitrogen and oxygen atoms in total. The quantitative estimate of drug-likeness (QED) is 0.681. The lowest BCUT2D eigenvalue weighted by Gasteiger charge is -2.13. The Hall–Kier alpha value is -2.40. The van der Waals surface area contributed by atoms with Gasteiger partial charge in [0, 0.05) is 12.1 Å². The Morgan fingerprint density at radius 2 is 1.88 bits per heavy atom. The van der Waals surface area contributed by atoms with Crippen molar-refractivity contribution in [2.45, 2.75) is 32.7 Å². The van der Waals surface area contributed by atoms with Crippen molar-refractivity contribution in [1.82, 2.24) is 10.6 Å². The van der Waals surface area contributed by atoms with Crippen molar-refractivity contribution in [1.29, 1.82) is 0 Å². The molecule has 2 rings (SSSR count). The number of carbonyl (C=O) groups excluding carboxylic acids is 2. The van der Waals surface area contributed by atoms with Gasteiger partial charge in [0.05, 0.1) is 0 Å². The number of nitrogens with one attached hydrogen (secondary N) is 2. The number of amides is 3. The number of hydrogen-bond donors (Lipinski definition) is 3. The maximum absolute atomic E-state index is 11.9. The number of urea groups is 1. The van der Waals surface area contributed by atoms with Gasteiger partial charge in [0.15, 0.2) is 6.54 Å². The van der Waals surface area contributed by atoms with E-state index in [1.807, 2.05) is 30.4 Å². The number of rotatable bonds is 7. The van der Waals surface area contributed by atoms with E-state index in [0.717, 1.165) is 12.8 Å². The van der Waals surface area contributed by atoms with Crippen molar-refractivity contribution < 1.29 is 14.9 Å². The van der Waals surface area contributed by atoms with Gasteiger partial charge in [-0.15, -0.1) is 0 Å². The van der Waals surface area contributed by atoms with Crippen molar-refractivity contribution in [3.63, 3.8) is 0 Å². The third-order valence-electron chi connectivity index (χ3n) is 4.04. The van der Waals surface area contributed by atoms with Gasteiger partial charge < -0.3 is 10.6 Å². The first-order valence-corrected chi connectivity index (χ1v) is 8.50. The molecule has 3 amide bonds. The zero-order chi connectivity index (χ0) is 17.4. The lowest BCUT2D eigenvalue weighted by molar-refractivity contribution is -0.682. The highest BCUT2D eigenvalue weighted by Gasteiger charge is 2.15. The fourth-order valence-corrected chi connectivity index (χ4v) is 2.66. The second-order valence-corrected chi connectivity index (χ2v) is 5.95. The van der Waals surface area contributed by atoms with Gasteiger partial charge in [-0.1, -0.05) is 55.8 Å². The van der Waals surface area contributed by atoms with Gasteiger partial charge in [0.1, 0.15) is 6.04 Å². The smallest absolute Gasteiger partial charge is 0.321 e. The highest BCUT2D eigenvalue weighted by atomic mass is 16.2. The maximum atomic E-state index is 11.9. The molecule has 0 saturated carbocycles. The highest BCUT2D eigenvalue weighted by molar-refractivity contribution is 5.94. The first-order chi connectivity index (χ1) is 11.6. The molecule has 2 aromatic rings. The van der Waals surface area contributed by atoms with Crippen molar-refractivity contribution in [2.75, 3.05) is 13.1 Å². The van der Waals surface area contributed by atoms with Gasteiger partial charge in [0.2, 0.25) is 0 Å². The minimum atomic E-state index is -0.417. The van der Waals surface area contributed by atoms with E-state index in [1.54, 1.807) is 0 Å². The summed E-state index contributed by atoms with van der Waals surface area (Å²) in [5, 5.41) is 9.36. The Morgan fingerprint density at radius 3 is 2.67 bits per heavy atom. The first-order valence-electron chi connectivity index (χ1n) is 8.50. The summed E-state index contributed by atoms with van der Waals surface area (Å²) in [7, 11) is 0. The summed E-state index contributed by atoms with van der Waals surface area (Å²) in [6.07, 6.45) is 1.91. The SMILES string of the molecule is CCCCNC(=O)NC(=O)C[NH2+][C@H](C)c1cccc2ccccc12. The maximum Gasteiger partial charge on any atom is 0.321 e. The van der Waals surface area contributed by atoms with Gasteiger partial charge in [-0.05, 0) is 24.1 Å². The normalized spacial score (nSPS) is 11.9. The first kappa shape index (κ1) is 17.9. The molecule has 0 radical (unpaired) electrons. The minimum Gasteiger partial charge on any atom is -0.338 e. The largest absolute Gasteiger partial charge is 0.338 e. The number of unbranched alkanes of at least 4 members (excludes halogenated alkanes) is 1. The Labute approximate surface area is 142 Å². The Morgan fingerprint density at radius 1 is 1.12 bits per heavy atom. The van der Waals surface area contributed by atoms with Crippen molar-refractivity contribution in [3.05, 3.63) is 48.0 Å². The molecular formula is C19H26N3O2+. The highest BCUT2D eigenvalue weighted by Crippen LogP contribution is 2.21. The molecule has 2 aromatic carbocycles. The Kier molecular flexibility index (Phi) is 6.75. The molecule has 0 spiro atoms. The lowest BCUT2D eigenvalue weighted by Crippen LogP contribution is -2.87. The second-order valence-electron chi connectivity index (χ2n) is 5.95. The van der Waals surface area contributed by atoms with Crippen LogP contribution in [0.15, 0.2) is 42.5 Å². The van der Waals surface area contributed by atoms with E-state index in [4.69, 9.17) is 0 Å². The third kappa shape index (κ3) is 5.06. The molecule has 0 aliphatic rings. The van der Waals surface area contributed by atoms with Gasteiger partial charge in [-0.25, -0.2) is 4.79 Å². The van der Waals surface area contributed by atoms with Gasteiger partial charge in [-0.2, -0.15) is 0 Å². The molecule has 0 heterocycles. The molecule has 0 bridgehead atoms. The van der Waals surface area contributed by atoms with Gasteiger partial charge in [0.25, 0.3) is 5.91 Å². The molecule has 0 saturated heterocycles. The van der Waals surface area contributed by atoms with Crippen LogP contribution in [0.3, 0.4) is 0 Å². The minimum absolute atomic E-state index is 0.130. The number of imide groups is 1. The fraction of sp³-hybridized carbons (Fsp3) is 0.368. The molecular weight excluding hydrogens is 302 g/mol. The van der Waals surface area contributed by atoms with E-state index < -0.39 is 6.03 Å². The molecule has 0 unspecified atom stereocenters. The summed E-state index contributed by atoms with van der Waals surface area (Å²) < 4.78 is 0. The molecule has 24 heavy (non-hydrogen) atoms. The average Bonchev–Trinajstić information content (AvgIpc) is 2.59. The van der Waals surface area contributed by atoms with Gasteiger partial charge in [-0.3, -0.25) is 10.1 Å². The molecule has 0 fully saturated rings. The van der Waals surface area contributed by atoms with E-state index in [0.29, 0.717) is 6.54 Å². The third-order valence-corrected chi connectivity index (χ3v) is 4.04. The van der Waals surface area contributed by atoms with Crippen LogP contribution in [0.2, 0.25) is 0 Å². The van der Waals surface area contributed by atoms with Crippen LogP contribution in [0.4, 0.5) is 4.79 Å². The summed E-state index contributed by atoms with van der Waals surface area (Å²) in [5.74, 6) is -0.281. The summed E-state index contributed by atoms with van der Waals surface area (Å²) in [6.45, 7) is 4.92. The molecule has 1 atom stereocenters. The van der Waals surface area contributed by atoms with E-state index >= 15 is 0 Å². The van der Waals surface area contributed by atoms with Crippen LogP contribution in [0.5, 0.6) is 0 Å². The average molecular weight is 328 g/mol. The summed E-state index contributed by atoms with van der Waals surface area (Å²) in [4.78, 5) is 23.4. The van der Waals surface area contributed by atoms with Crippen molar-refractivity contribution >= 4 is 22.7 Å². The predicted octanol–water partition coefficient (Wildman–Crippen LogP) is 2.09. The van der Waals surface area contributed by atoms with Crippen LogP contribution in [0, 0.1) is 0 Å². The van der Waals surface area contributed by atoms with E-state index in [2.05, 4.69) is 41.8 Å². The zero-order valence-corrected chi connectivity index (χ0v) is 14.3. The van der Waals surface area contributed by atoms with Gasteiger partial charge >= 0.3 is 6.03 Å².